The minimum atomic E-state index is -0.613. The van der Waals surface area contributed by atoms with Crippen LogP contribution < -0.4 is 15.4 Å². The highest BCUT2D eigenvalue weighted by atomic mass is 32.1. The predicted molar refractivity (Wildman–Crippen MR) is 99.4 cm³/mol. The number of thiocarbonyl (C=S) groups is 1. The van der Waals surface area contributed by atoms with Gasteiger partial charge in [-0.2, -0.15) is 0 Å². The number of amides is 2. The minimum absolute atomic E-state index is 0.0452. The molecule has 0 aliphatic carbocycles. The number of carbonyl (C=O) groups is 3. The Morgan fingerprint density at radius 2 is 1.62 bits per heavy atom. The highest BCUT2D eigenvalue weighted by Crippen LogP contribution is 2.23. The van der Waals surface area contributed by atoms with Crippen molar-refractivity contribution in [1.29, 1.82) is 0 Å². The van der Waals surface area contributed by atoms with E-state index in [4.69, 9.17) is 17.0 Å². The molecule has 0 atom stereocenters. The van der Waals surface area contributed by atoms with Crippen molar-refractivity contribution in [3.63, 3.8) is 0 Å². The maximum Gasteiger partial charge on any atom is 0.343 e. The molecule has 2 aromatic rings. The molecule has 1 aliphatic heterocycles. The molecule has 1 heterocycles. The van der Waals surface area contributed by atoms with E-state index in [0.717, 1.165) is 5.56 Å². The fourth-order valence-corrected chi connectivity index (χ4v) is 2.49. The summed E-state index contributed by atoms with van der Waals surface area (Å²) >= 11 is 4.76. The van der Waals surface area contributed by atoms with Crippen molar-refractivity contribution < 1.29 is 19.1 Å². The second kappa shape index (κ2) is 7.28. The van der Waals surface area contributed by atoms with Crippen LogP contribution in [0.2, 0.25) is 0 Å². The standard InChI is InChI=1S/C19H14N2O4S/c1-11-6-8-12(9-7-11)18(24)25-15-5-3-2-4-13(15)10-14-16(22)20-19(26)21-17(14)23/h2-10H,1H3,(H2,20,21,22,23,26). The molecule has 0 saturated carbocycles. The largest absolute Gasteiger partial charge is 0.422 e. The molecular formula is C19H14N2O4S. The van der Waals surface area contributed by atoms with Crippen LogP contribution in [0.25, 0.3) is 6.08 Å². The molecule has 2 N–H and O–H groups in total. The SMILES string of the molecule is Cc1ccc(C(=O)Oc2ccccc2C=C2C(=O)NC(=S)NC2=O)cc1. The van der Waals surface area contributed by atoms with Gasteiger partial charge < -0.3 is 4.74 Å². The first-order valence-corrected chi connectivity index (χ1v) is 8.11. The number of rotatable bonds is 3. The van der Waals surface area contributed by atoms with Gasteiger partial charge in [0.15, 0.2) is 5.11 Å². The summed E-state index contributed by atoms with van der Waals surface area (Å²) in [4.78, 5) is 36.3. The molecule has 7 heteroatoms. The Kier molecular flexibility index (Phi) is 4.90. The van der Waals surface area contributed by atoms with Gasteiger partial charge in [-0.05, 0) is 43.4 Å². The second-order valence-corrected chi connectivity index (χ2v) is 6.00. The van der Waals surface area contributed by atoms with Crippen molar-refractivity contribution >= 4 is 41.2 Å². The second-order valence-electron chi connectivity index (χ2n) is 5.59. The van der Waals surface area contributed by atoms with Crippen molar-refractivity contribution in [2.75, 3.05) is 0 Å². The fourth-order valence-electron chi connectivity index (χ4n) is 2.30. The van der Waals surface area contributed by atoms with Gasteiger partial charge in [0, 0.05) is 5.56 Å². The monoisotopic (exact) mass is 366 g/mol. The average molecular weight is 366 g/mol. The Morgan fingerprint density at radius 1 is 1.00 bits per heavy atom. The van der Waals surface area contributed by atoms with E-state index >= 15 is 0 Å². The van der Waals surface area contributed by atoms with E-state index < -0.39 is 17.8 Å². The van der Waals surface area contributed by atoms with E-state index in [9.17, 15) is 14.4 Å². The lowest BCUT2D eigenvalue weighted by Gasteiger charge is -2.16. The van der Waals surface area contributed by atoms with Crippen LogP contribution in [0.5, 0.6) is 5.75 Å². The van der Waals surface area contributed by atoms with Crippen LogP contribution in [0, 0.1) is 6.92 Å². The van der Waals surface area contributed by atoms with Crippen molar-refractivity contribution in [1.82, 2.24) is 10.6 Å². The van der Waals surface area contributed by atoms with Gasteiger partial charge in [-0.25, -0.2) is 4.79 Å². The maximum absolute atomic E-state index is 12.3. The third-order valence-electron chi connectivity index (χ3n) is 3.65. The lowest BCUT2D eigenvalue weighted by molar-refractivity contribution is -0.123. The van der Waals surface area contributed by atoms with Crippen molar-refractivity contribution in [2.45, 2.75) is 6.92 Å². The molecule has 0 spiro atoms. The average Bonchev–Trinajstić information content (AvgIpc) is 2.60. The van der Waals surface area contributed by atoms with E-state index in [2.05, 4.69) is 10.6 Å². The molecule has 2 amide bonds. The van der Waals surface area contributed by atoms with Crippen LogP contribution in [0.3, 0.4) is 0 Å². The first kappa shape index (κ1) is 17.5. The molecule has 2 aromatic carbocycles. The minimum Gasteiger partial charge on any atom is -0.422 e. The van der Waals surface area contributed by atoms with Crippen LogP contribution in [0.4, 0.5) is 0 Å². The van der Waals surface area contributed by atoms with Crippen molar-refractivity contribution in [3.05, 3.63) is 70.8 Å². The van der Waals surface area contributed by atoms with Gasteiger partial charge >= 0.3 is 5.97 Å². The molecule has 6 nitrogen and oxygen atoms in total. The van der Waals surface area contributed by atoms with E-state index in [1.54, 1.807) is 36.4 Å². The zero-order chi connectivity index (χ0) is 18.7. The number of nitrogens with one attached hydrogen (secondary N) is 2. The summed E-state index contributed by atoms with van der Waals surface area (Å²) in [5, 5.41) is 4.67. The predicted octanol–water partition coefficient (Wildman–Crippen LogP) is 2.13. The number of benzene rings is 2. The van der Waals surface area contributed by atoms with Crippen molar-refractivity contribution in [2.24, 2.45) is 0 Å². The summed E-state index contributed by atoms with van der Waals surface area (Å²) < 4.78 is 5.43. The van der Waals surface area contributed by atoms with Gasteiger partial charge in [-0.15, -0.1) is 0 Å². The van der Waals surface area contributed by atoms with E-state index in [0.29, 0.717) is 11.1 Å². The van der Waals surface area contributed by atoms with Gasteiger partial charge in [0.2, 0.25) is 0 Å². The summed E-state index contributed by atoms with van der Waals surface area (Å²) in [7, 11) is 0. The Morgan fingerprint density at radius 3 is 2.27 bits per heavy atom. The smallest absolute Gasteiger partial charge is 0.343 e. The molecule has 1 fully saturated rings. The van der Waals surface area contributed by atoms with Gasteiger partial charge in [0.25, 0.3) is 11.8 Å². The zero-order valence-corrected chi connectivity index (χ0v) is 14.6. The molecule has 130 valence electrons. The van der Waals surface area contributed by atoms with Crippen LogP contribution in [-0.4, -0.2) is 22.9 Å². The van der Waals surface area contributed by atoms with Gasteiger partial charge in [0.1, 0.15) is 11.3 Å². The maximum atomic E-state index is 12.3. The molecule has 1 aliphatic rings. The molecule has 1 saturated heterocycles. The van der Waals surface area contributed by atoms with Gasteiger partial charge in [-0.3, -0.25) is 20.2 Å². The quantitative estimate of drug-likeness (QED) is 0.286. The normalized spacial score (nSPS) is 13.7. The Labute approximate surface area is 154 Å². The number of carbonyl (C=O) groups excluding carboxylic acids is 3. The Hall–Kier alpha value is -3.32. The number of aryl methyl sites for hydroxylation is 1. The molecule has 0 unspecified atom stereocenters. The summed E-state index contributed by atoms with van der Waals surface area (Å²) in [6.07, 6.45) is 1.35. The summed E-state index contributed by atoms with van der Waals surface area (Å²) in [6.45, 7) is 1.92. The van der Waals surface area contributed by atoms with E-state index in [1.165, 1.54) is 6.08 Å². The number of esters is 1. The molecule has 0 radical (unpaired) electrons. The number of hydrogen-bond acceptors (Lipinski definition) is 5. The molecule has 3 rings (SSSR count). The third-order valence-corrected chi connectivity index (χ3v) is 3.86. The summed E-state index contributed by atoms with van der Waals surface area (Å²) in [6, 6.07) is 13.6. The topological polar surface area (TPSA) is 84.5 Å². The highest BCUT2D eigenvalue weighted by Gasteiger charge is 2.26. The lowest BCUT2D eigenvalue weighted by atomic mass is 10.1. The van der Waals surface area contributed by atoms with Crippen LogP contribution in [0.15, 0.2) is 54.1 Å². The molecular weight excluding hydrogens is 352 g/mol. The third kappa shape index (κ3) is 3.84. The molecule has 0 bridgehead atoms. The molecule has 0 aromatic heterocycles. The number of para-hydroxylation sites is 1. The first-order valence-electron chi connectivity index (χ1n) is 7.70. The zero-order valence-electron chi connectivity index (χ0n) is 13.7. The van der Waals surface area contributed by atoms with E-state index in [1.807, 2.05) is 19.1 Å². The number of ether oxygens (including phenoxy) is 1. The van der Waals surface area contributed by atoms with E-state index in [-0.39, 0.29) is 16.4 Å². The van der Waals surface area contributed by atoms with Crippen LogP contribution in [-0.2, 0) is 9.59 Å². The van der Waals surface area contributed by atoms with Crippen LogP contribution >= 0.6 is 12.2 Å². The highest BCUT2D eigenvalue weighted by molar-refractivity contribution is 7.80. The Bertz CT molecular complexity index is 926. The number of hydrogen-bond donors (Lipinski definition) is 2. The van der Waals surface area contributed by atoms with Gasteiger partial charge in [-0.1, -0.05) is 35.9 Å². The van der Waals surface area contributed by atoms with Crippen molar-refractivity contribution in [3.8, 4) is 5.75 Å². The Balaban J connectivity index is 1.89. The lowest BCUT2D eigenvalue weighted by Crippen LogP contribution is -2.51. The van der Waals surface area contributed by atoms with Gasteiger partial charge in [0.05, 0.1) is 5.56 Å². The summed E-state index contributed by atoms with van der Waals surface area (Å²) in [5.74, 6) is -1.52. The molecule has 26 heavy (non-hydrogen) atoms. The van der Waals surface area contributed by atoms with Crippen LogP contribution in [0.1, 0.15) is 21.5 Å². The summed E-state index contributed by atoms with van der Waals surface area (Å²) in [5.41, 5.74) is 1.72. The fraction of sp³-hybridized carbons (Fsp3) is 0.0526. The first-order chi connectivity index (χ1) is 12.4.